The number of carbonyl (C=O) groups excluding carboxylic acids is 1. The van der Waals surface area contributed by atoms with Gasteiger partial charge in [0.2, 0.25) is 0 Å². The monoisotopic (exact) mass is 419 g/mol. The number of anilines is 2. The SMILES string of the molecule is CN(C)C1CCN(c2ccc(NC(=O)c3ccc(-c4ccccc4Cl)cc3)cc2)C1. The summed E-state index contributed by atoms with van der Waals surface area (Å²) in [6.45, 7) is 2.10. The number of likely N-dealkylation sites (N-methyl/N-ethyl adjacent to an activating group) is 1. The van der Waals surface area contributed by atoms with Crippen molar-refractivity contribution in [1.29, 1.82) is 0 Å². The molecular formula is C25H26ClN3O. The summed E-state index contributed by atoms with van der Waals surface area (Å²) in [4.78, 5) is 17.3. The highest BCUT2D eigenvalue weighted by molar-refractivity contribution is 6.33. The molecule has 1 atom stereocenters. The van der Waals surface area contributed by atoms with Gasteiger partial charge in [-0.05, 0) is 68.5 Å². The molecule has 0 saturated carbocycles. The highest BCUT2D eigenvalue weighted by Gasteiger charge is 2.24. The van der Waals surface area contributed by atoms with E-state index < -0.39 is 0 Å². The Kier molecular flexibility index (Phi) is 6.07. The lowest BCUT2D eigenvalue weighted by Gasteiger charge is -2.22. The average Bonchev–Trinajstić information content (AvgIpc) is 3.25. The van der Waals surface area contributed by atoms with Crippen molar-refractivity contribution in [2.45, 2.75) is 12.5 Å². The van der Waals surface area contributed by atoms with Crippen molar-refractivity contribution in [3.63, 3.8) is 0 Å². The van der Waals surface area contributed by atoms with E-state index >= 15 is 0 Å². The summed E-state index contributed by atoms with van der Waals surface area (Å²) in [6, 6.07) is 23.9. The summed E-state index contributed by atoms with van der Waals surface area (Å²) < 4.78 is 0. The Balaban J connectivity index is 1.40. The van der Waals surface area contributed by atoms with Crippen LogP contribution in [-0.2, 0) is 0 Å². The van der Waals surface area contributed by atoms with Gasteiger partial charge in [0.1, 0.15) is 0 Å². The van der Waals surface area contributed by atoms with Gasteiger partial charge >= 0.3 is 0 Å². The smallest absolute Gasteiger partial charge is 0.255 e. The van der Waals surface area contributed by atoms with Crippen molar-refractivity contribution in [1.82, 2.24) is 4.90 Å². The van der Waals surface area contributed by atoms with E-state index in [1.54, 1.807) is 0 Å². The molecule has 0 aliphatic carbocycles. The third-order valence-electron chi connectivity index (χ3n) is 5.72. The van der Waals surface area contributed by atoms with E-state index in [9.17, 15) is 4.79 Å². The summed E-state index contributed by atoms with van der Waals surface area (Å²) >= 11 is 6.27. The second-order valence-electron chi connectivity index (χ2n) is 7.91. The molecule has 1 unspecified atom stereocenters. The molecule has 30 heavy (non-hydrogen) atoms. The molecule has 1 aliphatic heterocycles. The highest BCUT2D eigenvalue weighted by atomic mass is 35.5. The van der Waals surface area contributed by atoms with Gasteiger partial charge in [-0.3, -0.25) is 4.79 Å². The molecule has 154 valence electrons. The first-order valence-corrected chi connectivity index (χ1v) is 10.6. The second-order valence-corrected chi connectivity index (χ2v) is 8.32. The van der Waals surface area contributed by atoms with Gasteiger partial charge in [-0.2, -0.15) is 0 Å². The van der Waals surface area contributed by atoms with Crippen LogP contribution in [0.1, 0.15) is 16.8 Å². The first kappa shape index (κ1) is 20.5. The van der Waals surface area contributed by atoms with E-state index in [4.69, 9.17) is 11.6 Å². The summed E-state index contributed by atoms with van der Waals surface area (Å²) in [5, 5.41) is 3.68. The molecule has 3 aromatic rings. The Hall–Kier alpha value is -2.82. The van der Waals surface area contributed by atoms with Crippen LogP contribution in [0.15, 0.2) is 72.8 Å². The van der Waals surface area contributed by atoms with Crippen LogP contribution < -0.4 is 10.2 Å². The minimum Gasteiger partial charge on any atom is -0.370 e. The molecule has 4 rings (SSSR count). The van der Waals surface area contributed by atoms with Crippen molar-refractivity contribution in [2.24, 2.45) is 0 Å². The number of hydrogen-bond donors (Lipinski definition) is 1. The number of carbonyl (C=O) groups is 1. The van der Waals surface area contributed by atoms with E-state index in [1.165, 1.54) is 12.1 Å². The van der Waals surface area contributed by atoms with Gasteiger partial charge in [-0.15, -0.1) is 0 Å². The fraction of sp³-hybridized carbons (Fsp3) is 0.240. The molecule has 1 N–H and O–H groups in total. The van der Waals surface area contributed by atoms with E-state index in [-0.39, 0.29) is 5.91 Å². The first-order valence-electron chi connectivity index (χ1n) is 10.2. The molecule has 0 bridgehead atoms. The van der Waals surface area contributed by atoms with E-state index in [1.807, 2.05) is 60.7 Å². The summed E-state index contributed by atoms with van der Waals surface area (Å²) in [6.07, 6.45) is 1.18. The van der Waals surface area contributed by atoms with E-state index in [2.05, 4.69) is 41.3 Å². The number of nitrogens with zero attached hydrogens (tertiary/aromatic N) is 2. The van der Waals surface area contributed by atoms with Crippen molar-refractivity contribution in [3.8, 4) is 11.1 Å². The molecule has 1 saturated heterocycles. The maximum Gasteiger partial charge on any atom is 0.255 e. The number of amides is 1. The molecule has 0 aromatic heterocycles. The van der Waals surface area contributed by atoms with Gasteiger partial charge in [-0.25, -0.2) is 0 Å². The predicted molar refractivity (Wildman–Crippen MR) is 126 cm³/mol. The summed E-state index contributed by atoms with van der Waals surface area (Å²) in [5.41, 5.74) is 4.55. The summed E-state index contributed by atoms with van der Waals surface area (Å²) in [7, 11) is 4.27. The van der Waals surface area contributed by atoms with Gasteiger partial charge in [0.15, 0.2) is 0 Å². The van der Waals surface area contributed by atoms with Gasteiger partial charge in [0, 0.05) is 46.7 Å². The third-order valence-corrected chi connectivity index (χ3v) is 6.05. The van der Waals surface area contributed by atoms with Crippen molar-refractivity contribution < 1.29 is 4.79 Å². The van der Waals surface area contributed by atoms with Gasteiger partial charge in [0.05, 0.1) is 0 Å². The van der Waals surface area contributed by atoms with Crippen molar-refractivity contribution >= 4 is 28.9 Å². The second kappa shape index (κ2) is 8.90. The predicted octanol–water partition coefficient (Wildman–Crippen LogP) is 5.40. The fourth-order valence-electron chi connectivity index (χ4n) is 3.85. The maximum absolute atomic E-state index is 12.6. The van der Waals surface area contributed by atoms with E-state index in [0.717, 1.165) is 29.9 Å². The molecule has 4 nitrogen and oxygen atoms in total. The van der Waals surface area contributed by atoms with Crippen LogP contribution in [0.25, 0.3) is 11.1 Å². The zero-order chi connectivity index (χ0) is 21.1. The van der Waals surface area contributed by atoms with Gasteiger partial charge in [-0.1, -0.05) is 41.9 Å². The van der Waals surface area contributed by atoms with Crippen LogP contribution in [0.4, 0.5) is 11.4 Å². The Morgan fingerprint density at radius 1 is 1.00 bits per heavy atom. The third kappa shape index (κ3) is 4.50. The van der Waals surface area contributed by atoms with Crippen LogP contribution in [-0.4, -0.2) is 44.0 Å². The summed E-state index contributed by atoms with van der Waals surface area (Å²) in [5.74, 6) is -0.123. The Bertz CT molecular complexity index is 1020. The van der Waals surface area contributed by atoms with Crippen LogP contribution >= 0.6 is 11.6 Å². The average molecular weight is 420 g/mol. The van der Waals surface area contributed by atoms with Crippen molar-refractivity contribution in [3.05, 3.63) is 83.4 Å². The van der Waals surface area contributed by atoms with Crippen LogP contribution in [0.2, 0.25) is 5.02 Å². The van der Waals surface area contributed by atoms with Gasteiger partial charge < -0.3 is 15.1 Å². The normalized spacial score (nSPS) is 16.1. The largest absolute Gasteiger partial charge is 0.370 e. The molecular weight excluding hydrogens is 394 g/mol. The van der Waals surface area contributed by atoms with Crippen LogP contribution in [0, 0.1) is 0 Å². The number of benzene rings is 3. The maximum atomic E-state index is 12.6. The lowest BCUT2D eigenvalue weighted by atomic mass is 10.0. The Morgan fingerprint density at radius 3 is 2.33 bits per heavy atom. The van der Waals surface area contributed by atoms with E-state index in [0.29, 0.717) is 16.6 Å². The van der Waals surface area contributed by atoms with Crippen molar-refractivity contribution in [2.75, 3.05) is 37.4 Å². The van der Waals surface area contributed by atoms with Crippen LogP contribution in [0.3, 0.4) is 0 Å². The molecule has 1 heterocycles. The zero-order valence-corrected chi connectivity index (χ0v) is 18.1. The fourth-order valence-corrected chi connectivity index (χ4v) is 4.10. The lowest BCUT2D eigenvalue weighted by molar-refractivity contribution is 0.102. The number of halogens is 1. The molecule has 1 aliphatic rings. The Morgan fingerprint density at radius 2 is 1.70 bits per heavy atom. The number of nitrogens with one attached hydrogen (secondary N) is 1. The Labute approximate surface area is 183 Å². The first-order chi connectivity index (χ1) is 14.5. The molecule has 5 heteroatoms. The molecule has 0 spiro atoms. The topological polar surface area (TPSA) is 35.6 Å². The lowest BCUT2D eigenvalue weighted by Crippen LogP contribution is -2.31. The highest BCUT2D eigenvalue weighted by Crippen LogP contribution is 2.28. The zero-order valence-electron chi connectivity index (χ0n) is 17.3. The molecule has 3 aromatic carbocycles. The minimum atomic E-state index is -0.123. The number of hydrogen-bond acceptors (Lipinski definition) is 3. The quantitative estimate of drug-likeness (QED) is 0.601. The standard InChI is InChI=1S/C25H26ClN3O/c1-28(2)22-15-16-29(17-22)21-13-11-20(12-14-21)27-25(30)19-9-7-18(8-10-19)23-5-3-4-6-24(23)26/h3-14,22H,15-17H2,1-2H3,(H,27,30). The molecule has 0 radical (unpaired) electrons. The molecule has 1 amide bonds. The van der Waals surface area contributed by atoms with Gasteiger partial charge in [0.25, 0.3) is 5.91 Å². The van der Waals surface area contributed by atoms with Crippen LogP contribution in [0.5, 0.6) is 0 Å². The molecule has 1 fully saturated rings. The minimum absolute atomic E-state index is 0.123. The number of rotatable bonds is 5.